The maximum absolute atomic E-state index is 12.9. The Hall–Kier alpha value is -1.06. The number of nitrogens with one attached hydrogen (secondary N) is 1. The van der Waals surface area contributed by atoms with E-state index >= 15 is 0 Å². The zero-order valence-corrected chi connectivity index (χ0v) is 13.1. The zero-order valence-electron chi connectivity index (χ0n) is 13.1. The van der Waals surface area contributed by atoms with Crippen LogP contribution in [0.15, 0.2) is 0 Å². The van der Waals surface area contributed by atoms with Crippen LogP contribution in [0.1, 0.15) is 71.1 Å². The van der Waals surface area contributed by atoms with Crippen molar-refractivity contribution in [2.24, 2.45) is 5.92 Å². The Balaban J connectivity index is 1.79. The Kier molecular flexibility index (Phi) is 4.51. The summed E-state index contributed by atoms with van der Waals surface area (Å²) in [5.41, 5.74) is 0. The molecule has 0 aromatic rings. The standard InChI is InChI=1S/C17H28N2O2/c1-2-14-16(20)18-15(12-10-11-12)17(21)19(14)13-8-6-4-3-5-7-9-13/h12-15H,2-11H2,1H3,(H,18,20). The molecule has 3 rings (SSSR count). The van der Waals surface area contributed by atoms with Gasteiger partial charge < -0.3 is 10.2 Å². The van der Waals surface area contributed by atoms with Gasteiger partial charge in [-0.1, -0.05) is 39.0 Å². The molecule has 21 heavy (non-hydrogen) atoms. The summed E-state index contributed by atoms with van der Waals surface area (Å²) in [4.78, 5) is 27.3. The molecule has 2 saturated carbocycles. The van der Waals surface area contributed by atoms with Crippen LogP contribution in [0.4, 0.5) is 0 Å². The van der Waals surface area contributed by atoms with Gasteiger partial charge in [-0.15, -0.1) is 0 Å². The zero-order chi connectivity index (χ0) is 14.8. The molecule has 3 fully saturated rings. The van der Waals surface area contributed by atoms with Gasteiger partial charge in [0.15, 0.2) is 0 Å². The minimum absolute atomic E-state index is 0.0797. The van der Waals surface area contributed by atoms with Gasteiger partial charge in [-0.3, -0.25) is 9.59 Å². The lowest BCUT2D eigenvalue weighted by Gasteiger charge is -2.44. The molecule has 4 nitrogen and oxygen atoms in total. The average Bonchev–Trinajstić information content (AvgIpc) is 3.25. The molecule has 3 aliphatic rings. The third kappa shape index (κ3) is 3.09. The maximum Gasteiger partial charge on any atom is 0.246 e. The van der Waals surface area contributed by atoms with E-state index in [9.17, 15) is 9.59 Å². The molecule has 4 heteroatoms. The van der Waals surface area contributed by atoms with E-state index in [0.29, 0.717) is 5.92 Å². The summed E-state index contributed by atoms with van der Waals surface area (Å²) in [5, 5.41) is 3.00. The lowest BCUT2D eigenvalue weighted by atomic mass is 9.91. The lowest BCUT2D eigenvalue weighted by Crippen LogP contribution is -2.66. The van der Waals surface area contributed by atoms with Crippen LogP contribution in [-0.2, 0) is 9.59 Å². The van der Waals surface area contributed by atoms with E-state index in [1.54, 1.807) is 0 Å². The number of carbonyl (C=O) groups is 2. The van der Waals surface area contributed by atoms with Crippen molar-refractivity contribution in [2.75, 3.05) is 0 Å². The van der Waals surface area contributed by atoms with Crippen LogP contribution < -0.4 is 5.32 Å². The minimum atomic E-state index is -0.239. The van der Waals surface area contributed by atoms with Crippen molar-refractivity contribution in [3.8, 4) is 0 Å². The third-order valence-corrected chi connectivity index (χ3v) is 5.40. The van der Waals surface area contributed by atoms with Crippen LogP contribution in [0.2, 0.25) is 0 Å². The van der Waals surface area contributed by atoms with Crippen molar-refractivity contribution in [2.45, 2.75) is 89.3 Å². The third-order valence-electron chi connectivity index (χ3n) is 5.40. The summed E-state index contributed by atoms with van der Waals surface area (Å²) in [6.07, 6.45) is 11.3. The Labute approximate surface area is 127 Å². The summed E-state index contributed by atoms with van der Waals surface area (Å²) in [6.45, 7) is 2.02. The molecule has 1 aliphatic heterocycles. The molecule has 0 aromatic heterocycles. The van der Waals surface area contributed by atoms with Gasteiger partial charge in [-0.2, -0.15) is 0 Å². The molecule has 1 heterocycles. The van der Waals surface area contributed by atoms with E-state index in [1.807, 2.05) is 11.8 Å². The topological polar surface area (TPSA) is 49.4 Å². The van der Waals surface area contributed by atoms with E-state index in [-0.39, 0.29) is 29.9 Å². The van der Waals surface area contributed by atoms with Crippen molar-refractivity contribution in [3.05, 3.63) is 0 Å². The normalized spacial score (nSPS) is 32.5. The summed E-state index contributed by atoms with van der Waals surface area (Å²) >= 11 is 0. The number of piperazine rings is 1. The summed E-state index contributed by atoms with van der Waals surface area (Å²) in [6, 6.07) is -0.183. The molecule has 1 saturated heterocycles. The van der Waals surface area contributed by atoms with Crippen LogP contribution >= 0.6 is 0 Å². The molecule has 2 atom stereocenters. The number of amides is 2. The van der Waals surface area contributed by atoms with E-state index in [4.69, 9.17) is 0 Å². The fourth-order valence-corrected chi connectivity index (χ4v) is 4.03. The highest BCUT2D eigenvalue weighted by Crippen LogP contribution is 2.36. The smallest absolute Gasteiger partial charge is 0.246 e. The Bertz CT molecular complexity index is 398. The molecule has 0 bridgehead atoms. The van der Waals surface area contributed by atoms with E-state index < -0.39 is 0 Å². The largest absolute Gasteiger partial charge is 0.342 e. The van der Waals surface area contributed by atoms with Crippen molar-refractivity contribution in [3.63, 3.8) is 0 Å². The quantitative estimate of drug-likeness (QED) is 0.869. The van der Waals surface area contributed by atoms with Gasteiger partial charge in [0.25, 0.3) is 0 Å². The van der Waals surface area contributed by atoms with Gasteiger partial charge in [0.2, 0.25) is 11.8 Å². The van der Waals surface area contributed by atoms with Crippen LogP contribution in [0.5, 0.6) is 0 Å². The summed E-state index contributed by atoms with van der Waals surface area (Å²) < 4.78 is 0. The highest BCUT2D eigenvalue weighted by atomic mass is 16.2. The Morgan fingerprint density at radius 2 is 1.62 bits per heavy atom. The molecule has 2 unspecified atom stereocenters. The van der Waals surface area contributed by atoms with Gasteiger partial charge in [-0.25, -0.2) is 0 Å². The highest BCUT2D eigenvalue weighted by Gasteiger charge is 2.48. The van der Waals surface area contributed by atoms with Gasteiger partial charge in [0.05, 0.1) is 0 Å². The highest BCUT2D eigenvalue weighted by molar-refractivity contribution is 5.97. The van der Waals surface area contributed by atoms with Crippen molar-refractivity contribution in [1.29, 1.82) is 0 Å². The van der Waals surface area contributed by atoms with Crippen LogP contribution in [0, 0.1) is 5.92 Å². The predicted molar refractivity (Wildman–Crippen MR) is 81.7 cm³/mol. The predicted octanol–water partition coefficient (Wildman–Crippen LogP) is 2.61. The monoisotopic (exact) mass is 292 g/mol. The van der Waals surface area contributed by atoms with Gasteiger partial charge in [-0.05, 0) is 38.0 Å². The SMILES string of the molecule is CCC1C(=O)NC(C2CC2)C(=O)N1C1CCCCCCC1. The van der Waals surface area contributed by atoms with Gasteiger partial charge in [0.1, 0.15) is 12.1 Å². The van der Waals surface area contributed by atoms with Crippen molar-refractivity contribution >= 4 is 11.8 Å². The van der Waals surface area contributed by atoms with E-state index in [1.165, 1.54) is 32.1 Å². The number of hydrogen-bond donors (Lipinski definition) is 1. The molecular formula is C17H28N2O2. The molecule has 118 valence electrons. The lowest BCUT2D eigenvalue weighted by molar-refractivity contribution is -0.153. The average molecular weight is 292 g/mol. The van der Waals surface area contributed by atoms with Crippen molar-refractivity contribution < 1.29 is 9.59 Å². The molecule has 1 N–H and O–H groups in total. The second-order valence-electron chi connectivity index (χ2n) is 6.99. The Morgan fingerprint density at radius 3 is 2.19 bits per heavy atom. The first-order valence-corrected chi connectivity index (χ1v) is 8.85. The number of rotatable bonds is 3. The van der Waals surface area contributed by atoms with Gasteiger partial charge in [0, 0.05) is 6.04 Å². The fourth-order valence-electron chi connectivity index (χ4n) is 4.03. The number of nitrogens with zero attached hydrogens (tertiary/aromatic N) is 1. The van der Waals surface area contributed by atoms with E-state index in [0.717, 1.165) is 32.1 Å². The van der Waals surface area contributed by atoms with Crippen LogP contribution in [-0.4, -0.2) is 34.8 Å². The summed E-state index contributed by atoms with van der Waals surface area (Å²) in [7, 11) is 0. The number of hydrogen-bond acceptors (Lipinski definition) is 2. The maximum atomic E-state index is 12.9. The fraction of sp³-hybridized carbons (Fsp3) is 0.882. The van der Waals surface area contributed by atoms with Crippen LogP contribution in [0.25, 0.3) is 0 Å². The first-order valence-electron chi connectivity index (χ1n) is 8.85. The molecule has 2 aliphatic carbocycles. The molecule has 0 spiro atoms. The van der Waals surface area contributed by atoms with Crippen LogP contribution in [0.3, 0.4) is 0 Å². The first kappa shape index (κ1) is 14.9. The summed E-state index contributed by atoms with van der Waals surface area (Å²) in [5.74, 6) is 0.681. The minimum Gasteiger partial charge on any atom is -0.342 e. The molecule has 0 aromatic carbocycles. The number of carbonyl (C=O) groups excluding carboxylic acids is 2. The molecular weight excluding hydrogens is 264 g/mol. The second-order valence-corrected chi connectivity index (χ2v) is 6.99. The molecule has 2 amide bonds. The van der Waals surface area contributed by atoms with Crippen molar-refractivity contribution in [1.82, 2.24) is 10.2 Å². The van der Waals surface area contributed by atoms with Gasteiger partial charge >= 0.3 is 0 Å². The van der Waals surface area contributed by atoms with E-state index in [2.05, 4.69) is 5.32 Å². The second kappa shape index (κ2) is 6.37. The molecule has 0 radical (unpaired) electrons. The Morgan fingerprint density at radius 1 is 1.00 bits per heavy atom. The first-order chi connectivity index (χ1) is 10.2.